The van der Waals surface area contributed by atoms with Crippen molar-refractivity contribution < 1.29 is 9.53 Å². The zero-order valence-corrected chi connectivity index (χ0v) is 14.2. The average Bonchev–Trinajstić information content (AvgIpc) is 2.57. The molecule has 1 amide bonds. The summed E-state index contributed by atoms with van der Waals surface area (Å²) in [4.78, 5) is 16.3. The summed E-state index contributed by atoms with van der Waals surface area (Å²) < 4.78 is 6.14. The zero-order valence-electron chi connectivity index (χ0n) is 12.6. The monoisotopic (exact) mass is 375 g/mol. The standard InChI is InChI=1S/C17H18BrN3O2/c18-13-4-7-15(8-5-13)23-17(22)20-11-9-14-6-3-12-2-1-10-19-16(12)21-14/h3-8H,1-2,9-11H2,(H,19,21)(H,20,22). The van der Waals surface area contributed by atoms with Gasteiger partial charge in [0.25, 0.3) is 0 Å². The first-order chi connectivity index (χ1) is 11.2. The summed E-state index contributed by atoms with van der Waals surface area (Å²) >= 11 is 3.34. The number of aryl methyl sites for hydroxylation is 1. The lowest BCUT2D eigenvalue weighted by molar-refractivity contribution is 0.200. The fraction of sp³-hybridized carbons (Fsp3) is 0.294. The number of hydrogen-bond acceptors (Lipinski definition) is 4. The minimum atomic E-state index is -0.455. The molecule has 0 unspecified atom stereocenters. The Balaban J connectivity index is 1.47. The molecule has 6 heteroatoms. The third kappa shape index (κ3) is 4.45. The molecule has 0 aliphatic carbocycles. The van der Waals surface area contributed by atoms with E-state index in [0.717, 1.165) is 35.4 Å². The van der Waals surface area contributed by atoms with Crippen molar-refractivity contribution >= 4 is 27.8 Å². The van der Waals surface area contributed by atoms with Crippen LogP contribution in [-0.2, 0) is 12.8 Å². The minimum absolute atomic E-state index is 0.455. The molecule has 2 heterocycles. The van der Waals surface area contributed by atoms with Crippen LogP contribution in [0.4, 0.5) is 10.6 Å². The highest BCUT2D eigenvalue weighted by atomic mass is 79.9. The van der Waals surface area contributed by atoms with Gasteiger partial charge >= 0.3 is 6.09 Å². The summed E-state index contributed by atoms with van der Waals surface area (Å²) in [5.74, 6) is 1.49. The number of halogens is 1. The average molecular weight is 376 g/mol. The van der Waals surface area contributed by atoms with Gasteiger partial charge in [0.15, 0.2) is 0 Å². The summed E-state index contributed by atoms with van der Waals surface area (Å²) in [6.07, 6.45) is 2.44. The number of ether oxygens (including phenoxy) is 1. The van der Waals surface area contributed by atoms with Crippen LogP contribution in [0.25, 0.3) is 0 Å². The summed E-state index contributed by atoms with van der Waals surface area (Å²) in [5.41, 5.74) is 2.23. The number of carbonyl (C=O) groups excluding carboxylic acids is 1. The van der Waals surface area contributed by atoms with Crippen LogP contribution in [0, 0.1) is 0 Å². The Kier molecular flexibility index (Phi) is 5.12. The van der Waals surface area contributed by atoms with Gasteiger partial charge in [-0.05, 0) is 48.7 Å². The molecule has 1 aliphatic heterocycles. The highest BCUT2D eigenvalue weighted by Gasteiger charge is 2.10. The molecule has 1 aromatic carbocycles. The largest absolute Gasteiger partial charge is 0.412 e. The molecule has 0 fully saturated rings. The molecule has 5 nitrogen and oxygen atoms in total. The first-order valence-electron chi connectivity index (χ1n) is 7.64. The van der Waals surface area contributed by atoms with Crippen LogP contribution in [0.3, 0.4) is 0 Å². The maximum Gasteiger partial charge on any atom is 0.412 e. The number of carbonyl (C=O) groups is 1. The molecule has 0 atom stereocenters. The van der Waals surface area contributed by atoms with Crippen LogP contribution in [-0.4, -0.2) is 24.2 Å². The van der Waals surface area contributed by atoms with Crippen molar-refractivity contribution in [2.45, 2.75) is 19.3 Å². The predicted molar refractivity (Wildman–Crippen MR) is 92.9 cm³/mol. The van der Waals surface area contributed by atoms with E-state index < -0.39 is 6.09 Å². The second kappa shape index (κ2) is 7.46. The van der Waals surface area contributed by atoms with Crippen LogP contribution in [0.1, 0.15) is 17.7 Å². The van der Waals surface area contributed by atoms with E-state index in [1.165, 1.54) is 5.56 Å². The number of anilines is 1. The Bertz CT molecular complexity index is 689. The molecule has 0 radical (unpaired) electrons. The molecular formula is C17H18BrN3O2. The normalized spacial score (nSPS) is 12.9. The lowest BCUT2D eigenvalue weighted by Gasteiger charge is -2.17. The number of fused-ring (bicyclic) bond motifs is 1. The first-order valence-corrected chi connectivity index (χ1v) is 8.44. The molecule has 2 aromatic rings. The van der Waals surface area contributed by atoms with Gasteiger partial charge in [0.05, 0.1) is 0 Å². The van der Waals surface area contributed by atoms with E-state index in [0.29, 0.717) is 18.7 Å². The molecule has 0 spiro atoms. The zero-order chi connectivity index (χ0) is 16.1. The number of rotatable bonds is 4. The van der Waals surface area contributed by atoms with Crippen LogP contribution in [0.15, 0.2) is 40.9 Å². The Labute approximate surface area is 143 Å². The van der Waals surface area contributed by atoms with E-state index in [1.807, 2.05) is 18.2 Å². The number of nitrogens with one attached hydrogen (secondary N) is 2. The van der Waals surface area contributed by atoms with Crippen LogP contribution >= 0.6 is 15.9 Å². The SMILES string of the molecule is O=C(NCCc1ccc2c(n1)NCCC2)Oc1ccc(Br)cc1. The molecule has 120 valence electrons. The Morgan fingerprint density at radius 2 is 2.09 bits per heavy atom. The van der Waals surface area contributed by atoms with E-state index in [-0.39, 0.29) is 0 Å². The van der Waals surface area contributed by atoms with Gasteiger partial charge in [0.1, 0.15) is 11.6 Å². The van der Waals surface area contributed by atoms with E-state index in [9.17, 15) is 4.79 Å². The molecule has 0 saturated heterocycles. The van der Waals surface area contributed by atoms with Gasteiger partial charge in [-0.2, -0.15) is 0 Å². The molecule has 1 aromatic heterocycles. The topological polar surface area (TPSA) is 63.2 Å². The molecule has 0 saturated carbocycles. The van der Waals surface area contributed by atoms with Gasteiger partial charge in [-0.15, -0.1) is 0 Å². The summed E-state index contributed by atoms with van der Waals surface area (Å²) in [7, 11) is 0. The molecular weight excluding hydrogens is 358 g/mol. The Morgan fingerprint density at radius 1 is 1.26 bits per heavy atom. The number of amides is 1. The van der Waals surface area contributed by atoms with E-state index in [2.05, 4.69) is 37.6 Å². The summed E-state index contributed by atoms with van der Waals surface area (Å²) in [5, 5.41) is 6.05. The van der Waals surface area contributed by atoms with Crippen LogP contribution in [0.2, 0.25) is 0 Å². The van der Waals surface area contributed by atoms with Crippen molar-refractivity contribution in [2.24, 2.45) is 0 Å². The highest BCUT2D eigenvalue weighted by Crippen LogP contribution is 2.19. The Morgan fingerprint density at radius 3 is 2.91 bits per heavy atom. The van der Waals surface area contributed by atoms with Crippen molar-refractivity contribution in [2.75, 3.05) is 18.4 Å². The lowest BCUT2D eigenvalue weighted by Crippen LogP contribution is -2.29. The number of nitrogens with zero attached hydrogens (tertiary/aromatic N) is 1. The third-order valence-electron chi connectivity index (χ3n) is 3.63. The second-order valence-electron chi connectivity index (χ2n) is 5.36. The Hall–Kier alpha value is -2.08. The highest BCUT2D eigenvalue weighted by molar-refractivity contribution is 9.10. The molecule has 1 aliphatic rings. The van der Waals surface area contributed by atoms with Gasteiger partial charge in [-0.25, -0.2) is 9.78 Å². The van der Waals surface area contributed by atoms with Gasteiger partial charge < -0.3 is 15.4 Å². The van der Waals surface area contributed by atoms with Gasteiger partial charge in [-0.3, -0.25) is 0 Å². The molecule has 2 N–H and O–H groups in total. The van der Waals surface area contributed by atoms with Crippen molar-refractivity contribution in [1.29, 1.82) is 0 Å². The fourth-order valence-electron chi connectivity index (χ4n) is 2.45. The maximum atomic E-state index is 11.7. The van der Waals surface area contributed by atoms with Crippen molar-refractivity contribution in [3.63, 3.8) is 0 Å². The van der Waals surface area contributed by atoms with Crippen molar-refractivity contribution in [3.8, 4) is 5.75 Å². The fourth-order valence-corrected chi connectivity index (χ4v) is 2.71. The third-order valence-corrected chi connectivity index (χ3v) is 4.16. The smallest absolute Gasteiger partial charge is 0.410 e. The van der Waals surface area contributed by atoms with Gasteiger partial charge in [-0.1, -0.05) is 22.0 Å². The maximum absolute atomic E-state index is 11.7. The van der Waals surface area contributed by atoms with Crippen LogP contribution < -0.4 is 15.4 Å². The van der Waals surface area contributed by atoms with E-state index in [4.69, 9.17) is 4.74 Å². The lowest BCUT2D eigenvalue weighted by atomic mass is 10.1. The molecule has 23 heavy (non-hydrogen) atoms. The molecule has 0 bridgehead atoms. The summed E-state index contributed by atoms with van der Waals surface area (Å²) in [6, 6.07) is 11.3. The van der Waals surface area contributed by atoms with Crippen LogP contribution in [0.5, 0.6) is 5.75 Å². The molecule has 3 rings (SSSR count). The van der Waals surface area contributed by atoms with Gasteiger partial charge in [0.2, 0.25) is 0 Å². The van der Waals surface area contributed by atoms with Gasteiger partial charge in [0, 0.05) is 29.7 Å². The van der Waals surface area contributed by atoms with Crippen molar-refractivity contribution in [1.82, 2.24) is 10.3 Å². The quantitative estimate of drug-likeness (QED) is 0.857. The van der Waals surface area contributed by atoms with E-state index in [1.54, 1.807) is 12.1 Å². The number of benzene rings is 1. The summed E-state index contributed by atoms with van der Waals surface area (Å²) in [6.45, 7) is 1.46. The van der Waals surface area contributed by atoms with E-state index >= 15 is 0 Å². The first kappa shape index (κ1) is 15.8. The number of pyridine rings is 1. The number of aromatic nitrogens is 1. The van der Waals surface area contributed by atoms with Crippen molar-refractivity contribution in [3.05, 3.63) is 52.1 Å². The second-order valence-corrected chi connectivity index (χ2v) is 6.28. The minimum Gasteiger partial charge on any atom is -0.410 e. The predicted octanol–water partition coefficient (Wildman–Crippen LogP) is 3.53. The number of hydrogen-bond donors (Lipinski definition) is 2.